The zero-order chi connectivity index (χ0) is 15.4. The molecule has 0 bridgehead atoms. The predicted molar refractivity (Wildman–Crippen MR) is 83.3 cm³/mol. The lowest BCUT2D eigenvalue weighted by molar-refractivity contribution is 0.233. The molecule has 5 nitrogen and oxygen atoms in total. The van der Waals surface area contributed by atoms with Gasteiger partial charge in [-0.2, -0.15) is 0 Å². The topological polar surface area (TPSA) is 67.2 Å². The van der Waals surface area contributed by atoms with Gasteiger partial charge >= 0.3 is 6.03 Å². The molecule has 0 aliphatic heterocycles. The number of carbonyl (C=O) groups excluding carboxylic acids is 1. The van der Waals surface area contributed by atoms with Crippen molar-refractivity contribution >= 4 is 17.1 Å². The van der Waals surface area contributed by atoms with Crippen LogP contribution in [0.4, 0.5) is 4.79 Å². The third-order valence-electron chi connectivity index (χ3n) is 3.66. The van der Waals surface area contributed by atoms with Crippen LogP contribution in [-0.4, -0.2) is 23.6 Å². The fourth-order valence-electron chi connectivity index (χ4n) is 1.86. The Labute approximate surface area is 125 Å². The Morgan fingerprint density at radius 2 is 1.95 bits per heavy atom. The van der Waals surface area contributed by atoms with Crippen LogP contribution in [0.2, 0.25) is 0 Å². The molecular weight excluding hydrogens is 266 g/mol. The van der Waals surface area contributed by atoms with Crippen molar-refractivity contribution in [3.63, 3.8) is 0 Å². The van der Waals surface area contributed by atoms with Crippen LogP contribution < -0.4 is 10.6 Å². The molecule has 0 fully saturated rings. The largest absolute Gasteiger partial charge is 0.440 e. The summed E-state index contributed by atoms with van der Waals surface area (Å²) >= 11 is 0. The lowest BCUT2D eigenvalue weighted by Gasteiger charge is -2.18. The van der Waals surface area contributed by atoms with Crippen LogP contribution in [0.5, 0.6) is 0 Å². The number of benzene rings is 1. The summed E-state index contributed by atoms with van der Waals surface area (Å²) < 4.78 is 5.70. The van der Waals surface area contributed by atoms with E-state index in [2.05, 4.69) is 29.5 Å². The van der Waals surface area contributed by atoms with E-state index in [-0.39, 0.29) is 18.0 Å². The Bertz CT molecular complexity index is 573. The second-order valence-electron chi connectivity index (χ2n) is 5.81. The number of nitrogens with one attached hydrogen (secondary N) is 2. The van der Waals surface area contributed by atoms with Crippen LogP contribution in [0.25, 0.3) is 11.1 Å². The van der Waals surface area contributed by atoms with Crippen molar-refractivity contribution in [1.82, 2.24) is 15.6 Å². The van der Waals surface area contributed by atoms with Crippen molar-refractivity contribution in [3.8, 4) is 0 Å². The Morgan fingerprint density at radius 1 is 1.24 bits per heavy atom. The van der Waals surface area contributed by atoms with Gasteiger partial charge in [-0.3, -0.25) is 0 Å². The highest BCUT2D eigenvalue weighted by Gasteiger charge is 2.15. The van der Waals surface area contributed by atoms with E-state index in [4.69, 9.17) is 4.42 Å². The third-order valence-corrected chi connectivity index (χ3v) is 3.66. The normalized spacial score (nSPS) is 14.1. The van der Waals surface area contributed by atoms with Crippen LogP contribution in [0.3, 0.4) is 0 Å². The van der Waals surface area contributed by atoms with E-state index in [0.717, 1.165) is 11.1 Å². The smallest absolute Gasteiger partial charge is 0.315 e. The fraction of sp³-hybridized carbons (Fsp3) is 0.500. The quantitative estimate of drug-likeness (QED) is 0.887. The number of hydrogen-bond donors (Lipinski definition) is 2. The molecule has 114 valence electrons. The Hall–Kier alpha value is -2.04. The molecule has 1 aromatic heterocycles. The highest BCUT2D eigenvalue weighted by Crippen LogP contribution is 2.20. The SMILES string of the molecule is CC(C)[C@H](C)NC(=O)NC[C@H](C)c1nc2ccccc2o1. The number of nitrogens with zero attached hydrogens (tertiary/aromatic N) is 1. The molecule has 0 aliphatic carbocycles. The van der Waals surface area contributed by atoms with Crippen LogP contribution >= 0.6 is 0 Å². The molecule has 1 heterocycles. The lowest BCUT2D eigenvalue weighted by Crippen LogP contribution is -2.43. The van der Waals surface area contributed by atoms with Gasteiger partial charge < -0.3 is 15.1 Å². The monoisotopic (exact) mass is 289 g/mol. The summed E-state index contributed by atoms with van der Waals surface area (Å²) in [6.45, 7) is 8.62. The van der Waals surface area contributed by atoms with Crippen molar-refractivity contribution in [2.75, 3.05) is 6.54 Å². The lowest BCUT2D eigenvalue weighted by atomic mass is 10.1. The first-order valence-corrected chi connectivity index (χ1v) is 7.37. The van der Waals surface area contributed by atoms with Gasteiger partial charge in [-0.05, 0) is 25.0 Å². The molecule has 0 radical (unpaired) electrons. The van der Waals surface area contributed by atoms with Gasteiger partial charge in [-0.25, -0.2) is 9.78 Å². The number of urea groups is 1. The average molecular weight is 289 g/mol. The maximum absolute atomic E-state index is 11.8. The number of hydrogen-bond acceptors (Lipinski definition) is 3. The third kappa shape index (κ3) is 3.97. The number of oxazole rings is 1. The molecule has 2 amide bonds. The molecule has 0 saturated carbocycles. The average Bonchev–Trinajstić information content (AvgIpc) is 2.88. The molecule has 21 heavy (non-hydrogen) atoms. The van der Waals surface area contributed by atoms with Crippen molar-refractivity contribution in [3.05, 3.63) is 30.2 Å². The molecule has 2 rings (SSSR count). The van der Waals surface area contributed by atoms with E-state index in [1.54, 1.807) is 0 Å². The number of rotatable bonds is 5. The van der Waals surface area contributed by atoms with Gasteiger partial charge in [0.05, 0.1) is 5.92 Å². The Morgan fingerprint density at radius 3 is 2.62 bits per heavy atom. The van der Waals surface area contributed by atoms with E-state index < -0.39 is 0 Å². The number of amides is 2. The van der Waals surface area contributed by atoms with E-state index in [0.29, 0.717) is 18.4 Å². The molecule has 0 aliphatic rings. The first kappa shape index (κ1) is 15.4. The highest BCUT2D eigenvalue weighted by atomic mass is 16.3. The molecule has 5 heteroatoms. The minimum atomic E-state index is -0.154. The van der Waals surface area contributed by atoms with E-state index in [1.165, 1.54) is 0 Å². The van der Waals surface area contributed by atoms with Crippen LogP contribution in [-0.2, 0) is 0 Å². The summed E-state index contributed by atoms with van der Waals surface area (Å²) in [5.74, 6) is 1.08. The summed E-state index contributed by atoms with van der Waals surface area (Å²) in [7, 11) is 0. The zero-order valence-corrected chi connectivity index (χ0v) is 13.0. The van der Waals surface area contributed by atoms with Crippen molar-refractivity contribution in [2.45, 2.75) is 39.7 Å². The van der Waals surface area contributed by atoms with Gasteiger partial charge in [0.1, 0.15) is 5.52 Å². The van der Waals surface area contributed by atoms with E-state index >= 15 is 0 Å². The van der Waals surface area contributed by atoms with Gasteiger partial charge in [0, 0.05) is 12.6 Å². The van der Waals surface area contributed by atoms with Crippen LogP contribution in [0.1, 0.15) is 39.5 Å². The standard InChI is InChI=1S/C16H23N3O2/c1-10(2)12(4)18-16(20)17-9-11(3)15-19-13-7-5-6-8-14(13)21-15/h5-8,10-12H,9H2,1-4H3,(H2,17,18,20)/t11-,12-/m0/s1. The minimum Gasteiger partial charge on any atom is -0.440 e. The fourth-order valence-corrected chi connectivity index (χ4v) is 1.86. The molecular formula is C16H23N3O2. The Balaban J connectivity index is 1.89. The van der Waals surface area contributed by atoms with Crippen LogP contribution in [0.15, 0.2) is 28.7 Å². The number of para-hydroxylation sites is 2. The van der Waals surface area contributed by atoms with Gasteiger partial charge in [0.2, 0.25) is 0 Å². The molecule has 2 aromatic rings. The van der Waals surface area contributed by atoms with Crippen LogP contribution in [0, 0.1) is 5.92 Å². The maximum Gasteiger partial charge on any atom is 0.315 e. The minimum absolute atomic E-state index is 0.0255. The van der Waals surface area contributed by atoms with Crippen molar-refractivity contribution in [1.29, 1.82) is 0 Å². The van der Waals surface area contributed by atoms with Gasteiger partial charge in [-0.1, -0.05) is 32.9 Å². The van der Waals surface area contributed by atoms with Gasteiger partial charge in [0.15, 0.2) is 11.5 Å². The van der Waals surface area contributed by atoms with Crippen molar-refractivity contribution in [2.24, 2.45) is 5.92 Å². The zero-order valence-electron chi connectivity index (χ0n) is 13.0. The number of aromatic nitrogens is 1. The Kier molecular flexibility index (Phi) is 4.83. The number of carbonyl (C=O) groups is 1. The molecule has 0 spiro atoms. The molecule has 1 aromatic carbocycles. The summed E-state index contributed by atoms with van der Waals surface area (Å²) in [5.41, 5.74) is 1.62. The summed E-state index contributed by atoms with van der Waals surface area (Å²) in [4.78, 5) is 16.2. The molecule has 2 N–H and O–H groups in total. The molecule has 2 atom stereocenters. The van der Waals surface area contributed by atoms with Crippen molar-refractivity contribution < 1.29 is 9.21 Å². The van der Waals surface area contributed by atoms with Gasteiger partial charge in [-0.15, -0.1) is 0 Å². The summed E-state index contributed by atoms with van der Waals surface area (Å²) in [6.07, 6.45) is 0. The molecule has 0 saturated heterocycles. The number of fused-ring (bicyclic) bond motifs is 1. The summed E-state index contributed by atoms with van der Waals surface area (Å²) in [6, 6.07) is 7.64. The maximum atomic E-state index is 11.8. The van der Waals surface area contributed by atoms with E-state index in [1.807, 2.05) is 38.1 Å². The molecule has 0 unspecified atom stereocenters. The van der Waals surface area contributed by atoms with Gasteiger partial charge in [0.25, 0.3) is 0 Å². The van der Waals surface area contributed by atoms with E-state index in [9.17, 15) is 4.79 Å². The predicted octanol–water partition coefficient (Wildman–Crippen LogP) is 3.28. The second kappa shape index (κ2) is 6.61. The highest BCUT2D eigenvalue weighted by molar-refractivity contribution is 5.74. The summed E-state index contributed by atoms with van der Waals surface area (Å²) in [5, 5.41) is 5.77. The second-order valence-corrected chi connectivity index (χ2v) is 5.81. The first-order chi connectivity index (χ1) is 9.97. The first-order valence-electron chi connectivity index (χ1n) is 7.37.